The van der Waals surface area contributed by atoms with E-state index in [1.54, 1.807) is 53.1 Å². The molecule has 5 heteroatoms. The Morgan fingerprint density at radius 2 is 1.12 bits per heavy atom. The highest BCUT2D eigenvalue weighted by atomic mass is 19.1. The maximum Gasteiger partial charge on any atom is 0.159 e. The Kier molecular flexibility index (Phi) is 5.25. The summed E-state index contributed by atoms with van der Waals surface area (Å²) in [5, 5.41) is 13.9. The van der Waals surface area contributed by atoms with Gasteiger partial charge in [-0.05, 0) is 29.3 Å². The molecule has 0 fully saturated rings. The fourth-order valence-electron chi connectivity index (χ4n) is 6.17. The molecule has 0 unspecified atom stereocenters. The largest absolute Gasteiger partial charge is 0.456 e. The van der Waals surface area contributed by atoms with E-state index in [1.165, 1.54) is 0 Å². The van der Waals surface area contributed by atoms with E-state index in [-0.39, 0.29) is 22.4 Å². The van der Waals surface area contributed by atoms with E-state index in [9.17, 15) is 5.26 Å². The number of fused-ring (bicyclic) bond motifs is 6. The number of aromatic nitrogens is 1. The molecule has 0 N–H and O–H groups in total. The highest BCUT2D eigenvalue weighted by molar-refractivity contribution is 6.17. The minimum absolute atomic E-state index is 0.0495. The first kappa shape index (κ1) is 24.1. The molecule has 8 aromatic rings. The van der Waals surface area contributed by atoms with Gasteiger partial charge in [0.25, 0.3) is 0 Å². The van der Waals surface area contributed by atoms with E-state index in [4.69, 9.17) is 4.42 Å². The van der Waals surface area contributed by atoms with Crippen molar-refractivity contribution in [3.8, 4) is 34.0 Å². The Labute approximate surface area is 239 Å². The first-order valence-corrected chi connectivity index (χ1v) is 13.6. The molecule has 0 spiro atoms. The van der Waals surface area contributed by atoms with Crippen LogP contribution in [0, 0.1) is 23.0 Å². The Bertz CT molecular complexity index is 2310. The highest BCUT2D eigenvalue weighted by Gasteiger charge is 2.29. The topological polar surface area (TPSA) is 41.9 Å². The molecule has 0 aliphatic carbocycles. The molecule has 0 aliphatic heterocycles. The van der Waals surface area contributed by atoms with Crippen LogP contribution in [0.1, 0.15) is 5.56 Å². The van der Waals surface area contributed by atoms with Gasteiger partial charge in [0.05, 0.1) is 16.6 Å². The fraction of sp³-hybridized carbons (Fsp3) is 0. The summed E-state index contributed by atoms with van der Waals surface area (Å²) in [6, 6.07) is 39.1. The van der Waals surface area contributed by atoms with Crippen LogP contribution in [0.25, 0.3) is 71.7 Å². The number of nitriles is 1. The van der Waals surface area contributed by atoms with Crippen molar-refractivity contribution in [1.82, 2.24) is 4.57 Å². The number of rotatable bonds is 3. The van der Waals surface area contributed by atoms with Crippen molar-refractivity contribution >= 4 is 43.7 Å². The van der Waals surface area contributed by atoms with Crippen molar-refractivity contribution in [3.05, 3.63) is 139 Å². The van der Waals surface area contributed by atoms with Gasteiger partial charge in [-0.25, -0.2) is 8.78 Å². The summed E-state index contributed by atoms with van der Waals surface area (Å²) < 4.78 is 41.9. The third kappa shape index (κ3) is 3.36. The summed E-state index contributed by atoms with van der Waals surface area (Å²) in [4.78, 5) is 0. The van der Waals surface area contributed by atoms with Gasteiger partial charge in [-0.15, -0.1) is 0 Å². The van der Waals surface area contributed by atoms with Crippen LogP contribution in [-0.2, 0) is 0 Å². The summed E-state index contributed by atoms with van der Waals surface area (Å²) in [6.07, 6.45) is 0. The Balaban J connectivity index is 1.58. The van der Waals surface area contributed by atoms with Crippen molar-refractivity contribution in [3.63, 3.8) is 0 Å². The minimum Gasteiger partial charge on any atom is -0.456 e. The van der Waals surface area contributed by atoms with Gasteiger partial charge in [0, 0.05) is 38.7 Å². The maximum absolute atomic E-state index is 17.0. The Morgan fingerprint density at radius 3 is 1.76 bits per heavy atom. The fourth-order valence-corrected chi connectivity index (χ4v) is 6.17. The molecule has 0 saturated carbocycles. The summed E-state index contributed by atoms with van der Waals surface area (Å²) in [6.45, 7) is 0. The number of halogens is 2. The molecule has 6 aromatic carbocycles. The quantitative estimate of drug-likeness (QED) is 0.221. The molecular weight excluding hydrogens is 526 g/mol. The molecular formula is C37H20F2N2O. The normalized spacial score (nSPS) is 11.5. The zero-order chi connectivity index (χ0) is 28.4. The van der Waals surface area contributed by atoms with E-state index in [0.29, 0.717) is 27.7 Å². The monoisotopic (exact) mass is 546 g/mol. The third-order valence-electron chi connectivity index (χ3n) is 7.99. The van der Waals surface area contributed by atoms with E-state index < -0.39 is 11.6 Å². The number of hydrogen-bond donors (Lipinski definition) is 0. The molecule has 3 nitrogen and oxygen atoms in total. The zero-order valence-corrected chi connectivity index (χ0v) is 22.1. The van der Waals surface area contributed by atoms with E-state index in [1.807, 2.05) is 72.8 Å². The standard InChI is InChI=1S/C37H20F2N2O/c38-35-33(22-11-3-1-4-12-22)28(21-40)34(23-13-5-2-6-14-23)36(39)37(35)41-29-17-9-7-15-24(29)26-19-27-25-16-8-10-18-31(25)42-32(27)20-30(26)41/h1-20H. The SMILES string of the molecule is N#Cc1c(-c2ccccc2)c(F)c(-n2c3ccccc3c3cc4c(cc32)oc2ccccc24)c(F)c1-c1ccccc1. The minimum atomic E-state index is -0.803. The van der Waals surface area contributed by atoms with Gasteiger partial charge in [0.15, 0.2) is 11.6 Å². The molecule has 0 saturated heterocycles. The maximum atomic E-state index is 17.0. The smallest absolute Gasteiger partial charge is 0.159 e. The molecule has 198 valence electrons. The average molecular weight is 547 g/mol. The van der Waals surface area contributed by atoms with Crippen LogP contribution in [0.5, 0.6) is 0 Å². The van der Waals surface area contributed by atoms with E-state index in [0.717, 1.165) is 27.1 Å². The lowest BCUT2D eigenvalue weighted by atomic mass is 9.90. The molecule has 0 radical (unpaired) electrons. The van der Waals surface area contributed by atoms with Crippen LogP contribution in [-0.4, -0.2) is 4.57 Å². The van der Waals surface area contributed by atoms with Gasteiger partial charge in [-0.3, -0.25) is 0 Å². The zero-order valence-electron chi connectivity index (χ0n) is 22.1. The Morgan fingerprint density at radius 1 is 0.548 bits per heavy atom. The highest BCUT2D eigenvalue weighted by Crippen LogP contribution is 2.44. The first-order chi connectivity index (χ1) is 20.7. The summed E-state index contributed by atoms with van der Waals surface area (Å²) in [7, 11) is 0. The van der Waals surface area contributed by atoms with Crippen molar-refractivity contribution < 1.29 is 13.2 Å². The second-order valence-corrected chi connectivity index (χ2v) is 10.3. The van der Waals surface area contributed by atoms with E-state index in [2.05, 4.69) is 6.07 Å². The average Bonchev–Trinajstić information content (AvgIpc) is 3.55. The Hall–Kier alpha value is -5.73. The van der Waals surface area contributed by atoms with Crippen LogP contribution in [0.3, 0.4) is 0 Å². The second kappa shape index (κ2) is 9.15. The van der Waals surface area contributed by atoms with Gasteiger partial charge in [0.2, 0.25) is 0 Å². The van der Waals surface area contributed by atoms with Crippen LogP contribution < -0.4 is 0 Å². The number of para-hydroxylation sites is 2. The van der Waals surface area contributed by atoms with Gasteiger partial charge >= 0.3 is 0 Å². The van der Waals surface area contributed by atoms with Crippen LogP contribution in [0.2, 0.25) is 0 Å². The summed E-state index contributed by atoms with van der Waals surface area (Å²) in [5.41, 5.74) is 3.41. The van der Waals surface area contributed by atoms with Crippen molar-refractivity contribution in [1.29, 1.82) is 5.26 Å². The van der Waals surface area contributed by atoms with Crippen molar-refractivity contribution in [2.24, 2.45) is 0 Å². The van der Waals surface area contributed by atoms with Gasteiger partial charge < -0.3 is 8.98 Å². The van der Waals surface area contributed by atoms with Crippen molar-refractivity contribution in [2.45, 2.75) is 0 Å². The predicted molar refractivity (Wildman–Crippen MR) is 164 cm³/mol. The molecule has 42 heavy (non-hydrogen) atoms. The number of benzene rings is 6. The number of nitrogens with zero attached hydrogens (tertiary/aromatic N) is 2. The lowest BCUT2D eigenvalue weighted by molar-refractivity contribution is 0.577. The van der Waals surface area contributed by atoms with Crippen LogP contribution >= 0.6 is 0 Å². The molecule has 0 atom stereocenters. The first-order valence-electron chi connectivity index (χ1n) is 13.6. The number of hydrogen-bond acceptors (Lipinski definition) is 2. The molecule has 0 amide bonds. The van der Waals surface area contributed by atoms with Crippen molar-refractivity contribution in [2.75, 3.05) is 0 Å². The van der Waals surface area contributed by atoms with Crippen LogP contribution in [0.15, 0.2) is 126 Å². The molecule has 2 aromatic heterocycles. The summed E-state index contributed by atoms with van der Waals surface area (Å²) in [5.74, 6) is -1.61. The lowest BCUT2D eigenvalue weighted by Crippen LogP contribution is -2.08. The number of furan rings is 1. The van der Waals surface area contributed by atoms with Crippen LogP contribution in [0.4, 0.5) is 8.78 Å². The van der Waals surface area contributed by atoms with Gasteiger partial charge in [-0.1, -0.05) is 97.1 Å². The summed E-state index contributed by atoms with van der Waals surface area (Å²) >= 11 is 0. The predicted octanol–water partition coefficient (Wildman–Crippen LogP) is 10.2. The lowest BCUT2D eigenvalue weighted by Gasteiger charge is -2.19. The van der Waals surface area contributed by atoms with Gasteiger partial charge in [0.1, 0.15) is 22.9 Å². The third-order valence-corrected chi connectivity index (χ3v) is 7.99. The van der Waals surface area contributed by atoms with E-state index >= 15 is 8.78 Å². The second-order valence-electron chi connectivity index (χ2n) is 10.3. The molecule has 0 bridgehead atoms. The molecule has 8 rings (SSSR count). The van der Waals surface area contributed by atoms with Gasteiger partial charge in [-0.2, -0.15) is 5.26 Å². The molecule has 0 aliphatic rings. The molecule has 2 heterocycles.